The van der Waals surface area contributed by atoms with Crippen molar-refractivity contribution in [2.45, 2.75) is 13.1 Å². The summed E-state index contributed by atoms with van der Waals surface area (Å²) >= 11 is 0. The standard InChI is InChI=1S/C20H22N4/c1-16-23(19-12-6-8-14-21(19)2)17-10-4-5-11-18(17)24(16)20-13-7-9-15-22(20)3/h4-16H,1-3H3/q+2. The molecular formula is C20H22N4+2. The van der Waals surface area contributed by atoms with Crippen LogP contribution in [0.5, 0.6) is 0 Å². The summed E-state index contributed by atoms with van der Waals surface area (Å²) in [7, 11) is 4.19. The summed E-state index contributed by atoms with van der Waals surface area (Å²) in [4.78, 5) is 4.78. The van der Waals surface area contributed by atoms with E-state index in [0.29, 0.717) is 0 Å². The Bertz CT molecular complexity index is 818. The Balaban J connectivity index is 1.91. The van der Waals surface area contributed by atoms with Crippen molar-refractivity contribution in [3.63, 3.8) is 0 Å². The van der Waals surface area contributed by atoms with Gasteiger partial charge >= 0.3 is 0 Å². The smallest absolute Gasteiger partial charge is 0.237 e. The number of rotatable bonds is 2. The minimum Gasteiger partial charge on any atom is -0.237 e. The molecule has 0 saturated carbocycles. The number of para-hydroxylation sites is 2. The number of hydrogen-bond acceptors (Lipinski definition) is 2. The van der Waals surface area contributed by atoms with Gasteiger partial charge in [0.25, 0.3) is 11.6 Å². The first-order chi connectivity index (χ1) is 11.7. The van der Waals surface area contributed by atoms with Crippen molar-refractivity contribution >= 4 is 23.0 Å². The third kappa shape index (κ3) is 2.14. The van der Waals surface area contributed by atoms with E-state index < -0.39 is 0 Å². The third-order valence-electron chi connectivity index (χ3n) is 4.70. The van der Waals surface area contributed by atoms with E-state index in [0.717, 1.165) is 0 Å². The SMILES string of the molecule is CC1N(c2cccc[n+]2C)c2ccccc2N1c1cccc[n+]1C. The fourth-order valence-corrected chi connectivity index (χ4v) is 3.55. The van der Waals surface area contributed by atoms with Crippen molar-refractivity contribution in [2.75, 3.05) is 9.80 Å². The van der Waals surface area contributed by atoms with Gasteiger partial charge in [0.05, 0.1) is 26.5 Å². The summed E-state index contributed by atoms with van der Waals surface area (Å²) in [6.45, 7) is 2.25. The molecule has 1 aliphatic rings. The number of pyridine rings is 2. The molecule has 0 saturated heterocycles. The van der Waals surface area contributed by atoms with E-state index in [2.05, 4.69) is 113 Å². The van der Waals surface area contributed by atoms with E-state index in [-0.39, 0.29) is 6.17 Å². The zero-order valence-corrected chi connectivity index (χ0v) is 14.3. The Kier molecular flexibility index (Phi) is 3.45. The number of fused-ring (bicyclic) bond motifs is 1. The first-order valence-electron chi connectivity index (χ1n) is 8.25. The van der Waals surface area contributed by atoms with Crippen molar-refractivity contribution < 1.29 is 9.13 Å². The summed E-state index contributed by atoms with van der Waals surface area (Å²) in [5, 5.41) is 0. The van der Waals surface area contributed by atoms with Crippen LogP contribution in [0.25, 0.3) is 0 Å². The predicted molar refractivity (Wildman–Crippen MR) is 95.4 cm³/mol. The Hall–Kier alpha value is -2.88. The van der Waals surface area contributed by atoms with Gasteiger partial charge in [-0.25, -0.2) is 9.13 Å². The Labute approximate surface area is 142 Å². The maximum atomic E-state index is 2.39. The molecule has 4 rings (SSSR count). The van der Waals surface area contributed by atoms with Crippen LogP contribution in [0, 0.1) is 0 Å². The fourth-order valence-electron chi connectivity index (χ4n) is 3.55. The van der Waals surface area contributed by atoms with E-state index in [1.54, 1.807) is 0 Å². The van der Waals surface area contributed by atoms with Crippen LogP contribution in [0.1, 0.15) is 6.92 Å². The van der Waals surface area contributed by atoms with Crippen LogP contribution in [0.2, 0.25) is 0 Å². The summed E-state index contributed by atoms with van der Waals surface area (Å²) in [6, 6.07) is 21.3. The molecular weight excluding hydrogens is 296 g/mol. The predicted octanol–water partition coefficient (Wildman–Crippen LogP) is 2.97. The number of anilines is 4. The summed E-state index contributed by atoms with van der Waals surface area (Å²) in [5.41, 5.74) is 2.46. The lowest BCUT2D eigenvalue weighted by Crippen LogP contribution is -2.46. The average Bonchev–Trinajstić information content (AvgIpc) is 2.88. The molecule has 1 aliphatic heterocycles. The van der Waals surface area contributed by atoms with Gasteiger partial charge < -0.3 is 0 Å². The van der Waals surface area contributed by atoms with Crippen LogP contribution in [-0.4, -0.2) is 6.17 Å². The second kappa shape index (κ2) is 5.64. The molecule has 0 bridgehead atoms. The van der Waals surface area contributed by atoms with Crippen LogP contribution in [0.15, 0.2) is 73.1 Å². The van der Waals surface area contributed by atoms with Gasteiger partial charge in [0.15, 0.2) is 11.4 Å². The molecule has 0 aliphatic carbocycles. The van der Waals surface area contributed by atoms with Crippen LogP contribution in [0.4, 0.5) is 23.0 Å². The maximum Gasteiger partial charge on any atom is 0.285 e. The number of aromatic nitrogens is 2. The highest BCUT2D eigenvalue weighted by atomic mass is 15.5. The summed E-state index contributed by atoms with van der Waals surface area (Å²) in [5.74, 6) is 2.36. The molecule has 1 aromatic carbocycles. The lowest BCUT2D eigenvalue weighted by Gasteiger charge is -2.20. The molecule has 0 atom stereocenters. The first kappa shape index (κ1) is 14.7. The second-order valence-corrected chi connectivity index (χ2v) is 6.20. The molecule has 0 amide bonds. The average molecular weight is 318 g/mol. The van der Waals surface area contributed by atoms with Gasteiger partial charge in [-0.05, 0) is 24.3 Å². The van der Waals surface area contributed by atoms with Crippen molar-refractivity contribution in [1.82, 2.24) is 0 Å². The van der Waals surface area contributed by atoms with Crippen molar-refractivity contribution in [2.24, 2.45) is 14.1 Å². The van der Waals surface area contributed by atoms with Crippen molar-refractivity contribution in [3.05, 3.63) is 73.1 Å². The quantitative estimate of drug-likeness (QED) is 0.675. The molecule has 3 heterocycles. The molecule has 0 unspecified atom stereocenters. The number of nitrogens with zero attached hydrogens (tertiary/aromatic N) is 4. The van der Waals surface area contributed by atoms with E-state index >= 15 is 0 Å². The largest absolute Gasteiger partial charge is 0.285 e. The first-order valence-corrected chi connectivity index (χ1v) is 8.25. The van der Waals surface area contributed by atoms with E-state index in [9.17, 15) is 0 Å². The fraction of sp³-hybridized carbons (Fsp3) is 0.200. The highest BCUT2D eigenvalue weighted by Gasteiger charge is 2.47. The summed E-state index contributed by atoms with van der Waals surface area (Å²) in [6.07, 6.45) is 4.37. The van der Waals surface area contributed by atoms with Gasteiger partial charge in [0, 0.05) is 19.1 Å². The monoisotopic (exact) mass is 318 g/mol. The molecule has 3 aromatic rings. The van der Waals surface area contributed by atoms with Gasteiger partial charge in [0.1, 0.15) is 0 Å². The highest BCUT2D eigenvalue weighted by molar-refractivity contribution is 5.85. The number of aryl methyl sites for hydroxylation is 2. The molecule has 24 heavy (non-hydrogen) atoms. The zero-order chi connectivity index (χ0) is 16.7. The van der Waals surface area contributed by atoms with Gasteiger partial charge in [-0.1, -0.05) is 24.3 Å². The molecule has 4 nitrogen and oxygen atoms in total. The summed E-state index contributed by atoms with van der Waals surface area (Å²) < 4.78 is 4.34. The Morgan fingerprint density at radius 2 is 1.08 bits per heavy atom. The molecule has 0 N–H and O–H groups in total. The molecule has 120 valence electrons. The second-order valence-electron chi connectivity index (χ2n) is 6.20. The van der Waals surface area contributed by atoms with Crippen LogP contribution in [0.3, 0.4) is 0 Å². The molecule has 0 radical (unpaired) electrons. The zero-order valence-electron chi connectivity index (χ0n) is 14.3. The van der Waals surface area contributed by atoms with Crippen LogP contribution in [-0.2, 0) is 14.1 Å². The van der Waals surface area contributed by atoms with Gasteiger partial charge in [-0.15, -0.1) is 0 Å². The minimum absolute atomic E-state index is 0.185. The van der Waals surface area contributed by atoms with Gasteiger partial charge in [-0.2, -0.15) is 9.80 Å². The van der Waals surface area contributed by atoms with Crippen LogP contribution >= 0.6 is 0 Å². The topological polar surface area (TPSA) is 14.2 Å². The van der Waals surface area contributed by atoms with Crippen molar-refractivity contribution in [1.29, 1.82) is 0 Å². The molecule has 2 aromatic heterocycles. The molecule has 4 heteroatoms. The van der Waals surface area contributed by atoms with E-state index in [4.69, 9.17) is 0 Å². The highest BCUT2D eigenvalue weighted by Crippen LogP contribution is 2.45. The number of hydrogen-bond donors (Lipinski definition) is 0. The van der Waals surface area contributed by atoms with Crippen molar-refractivity contribution in [3.8, 4) is 0 Å². The number of benzene rings is 1. The minimum atomic E-state index is 0.185. The van der Waals surface area contributed by atoms with E-state index in [1.807, 2.05) is 0 Å². The molecule has 0 spiro atoms. The molecule has 0 fully saturated rings. The van der Waals surface area contributed by atoms with E-state index in [1.165, 1.54) is 23.0 Å². The van der Waals surface area contributed by atoms with Gasteiger partial charge in [-0.3, -0.25) is 0 Å². The lowest BCUT2D eigenvalue weighted by molar-refractivity contribution is -0.659. The maximum absolute atomic E-state index is 2.39. The van der Waals surface area contributed by atoms with Crippen LogP contribution < -0.4 is 18.9 Å². The normalized spacial score (nSPS) is 14.1. The third-order valence-corrected chi connectivity index (χ3v) is 4.70. The lowest BCUT2D eigenvalue weighted by atomic mass is 10.2. The Morgan fingerprint density at radius 3 is 1.50 bits per heavy atom. The Morgan fingerprint density at radius 1 is 0.667 bits per heavy atom. The van der Waals surface area contributed by atoms with Gasteiger partial charge in [0.2, 0.25) is 6.17 Å².